The minimum Gasteiger partial charge on any atom is -0.394 e. The molecule has 13 heteroatoms. The van der Waals surface area contributed by atoms with Gasteiger partial charge in [-0.2, -0.15) is 0 Å². The summed E-state index contributed by atoms with van der Waals surface area (Å²) in [5, 5.41) is 84.4. The number of aliphatic hydroxyl groups is 8. The summed E-state index contributed by atoms with van der Waals surface area (Å²) in [4.78, 5) is 0. The molecule has 4 saturated carbocycles. The van der Waals surface area contributed by atoms with Crippen molar-refractivity contribution in [1.82, 2.24) is 0 Å². The molecule has 55 heavy (non-hydrogen) atoms. The lowest BCUT2D eigenvalue weighted by Crippen LogP contribution is -2.68. The van der Waals surface area contributed by atoms with Gasteiger partial charge < -0.3 is 64.5 Å². The van der Waals surface area contributed by atoms with Gasteiger partial charge in [-0.25, -0.2) is 0 Å². The Labute approximate surface area is 327 Å². The minimum atomic E-state index is -1.54. The van der Waals surface area contributed by atoms with E-state index in [-0.39, 0.29) is 68.7 Å². The number of fused-ring (bicyclic) bond motifs is 5. The molecule has 0 radical (unpaired) electrons. The fourth-order valence-corrected chi connectivity index (χ4v) is 14.3. The van der Waals surface area contributed by atoms with E-state index in [9.17, 15) is 40.9 Å². The maximum absolute atomic E-state index is 11.3. The molecule has 8 N–H and O–H groups in total. The fraction of sp³-hybridized carbons (Fsp3) is 1.00. The van der Waals surface area contributed by atoms with Crippen LogP contribution in [0.3, 0.4) is 0 Å². The van der Waals surface area contributed by atoms with Gasteiger partial charge in [-0.15, -0.1) is 0 Å². The second-order valence-corrected chi connectivity index (χ2v) is 21.0. The lowest BCUT2D eigenvalue weighted by atomic mass is 9.35. The highest BCUT2D eigenvalue weighted by atomic mass is 16.7. The SMILES string of the molecule is CC1(C)CCC[C@](C)([C@H]2CC[C@]3(C)[C@@H]2[C@H](O[C@@H]2O[C@H](CO)[C@@H](O)[C@H](O)[C@H]2O)CC2[C@@]4(C)CC[C@H](O[C@@H]5O[C@H](CO)[C@@H](O)[C@H](O)[C@H]5O)C(C)(C)[C@@H]4CC[C@]23C)O1. The van der Waals surface area contributed by atoms with E-state index in [1.54, 1.807) is 0 Å². The van der Waals surface area contributed by atoms with Crippen LogP contribution in [0.4, 0.5) is 0 Å². The average molecular weight is 785 g/mol. The molecule has 318 valence electrons. The number of rotatable bonds is 7. The Morgan fingerprint density at radius 1 is 0.582 bits per heavy atom. The van der Waals surface area contributed by atoms with Gasteiger partial charge in [0, 0.05) is 0 Å². The second kappa shape index (κ2) is 14.6. The van der Waals surface area contributed by atoms with Gasteiger partial charge in [0.05, 0.1) is 36.6 Å². The molecule has 0 bridgehead atoms. The first-order valence-corrected chi connectivity index (χ1v) is 21.2. The number of aliphatic hydroxyl groups excluding tert-OH is 8. The lowest BCUT2D eigenvalue weighted by molar-refractivity contribution is -0.343. The summed E-state index contributed by atoms with van der Waals surface area (Å²) in [5.41, 5.74) is -1.43. The zero-order valence-electron chi connectivity index (χ0n) is 34.3. The van der Waals surface area contributed by atoms with E-state index in [1.165, 1.54) is 0 Å². The van der Waals surface area contributed by atoms with Crippen molar-refractivity contribution in [2.24, 2.45) is 45.3 Å². The highest BCUT2D eigenvalue weighted by Crippen LogP contribution is 2.76. The first-order chi connectivity index (χ1) is 25.6. The Morgan fingerprint density at radius 2 is 1.15 bits per heavy atom. The zero-order valence-corrected chi connectivity index (χ0v) is 34.3. The molecule has 7 fully saturated rings. The van der Waals surface area contributed by atoms with Crippen LogP contribution >= 0.6 is 0 Å². The summed E-state index contributed by atoms with van der Waals surface area (Å²) in [6.07, 6.45) is -5.05. The molecule has 0 spiro atoms. The summed E-state index contributed by atoms with van der Waals surface area (Å²) in [5.74, 6) is 0.623. The van der Waals surface area contributed by atoms with Gasteiger partial charge in [-0.1, -0.05) is 34.6 Å². The van der Waals surface area contributed by atoms with Crippen LogP contribution in [0.2, 0.25) is 0 Å². The van der Waals surface area contributed by atoms with Crippen LogP contribution in [0.15, 0.2) is 0 Å². The molecular formula is C42H72O13. The van der Waals surface area contributed by atoms with Crippen LogP contribution in [-0.2, 0) is 23.7 Å². The van der Waals surface area contributed by atoms with Gasteiger partial charge in [0.25, 0.3) is 0 Å². The molecule has 3 heterocycles. The molecule has 7 aliphatic rings. The van der Waals surface area contributed by atoms with E-state index in [0.29, 0.717) is 12.8 Å². The van der Waals surface area contributed by atoms with Gasteiger partial charge in [-0.05, 0) is 130 Å². The van der Waals surface area contributed by atoms with Crippen LogP contribution in [0.25, 0.3) is 0 Å². The first kappa shape index (κ1) is 42.6. The van der Waals surface area contributed by atoms with Crippen LogP contribution in [0, 0.1) is 45.3 Å². The van der Waals surface area contributed by atoms with Gasteiger partial charge in [0.1, 0.15) is 48.8 Å². The van der Waals surface area contributed by atoms with E-state index in [2.05, 4.69) is 55.4 Å². The number of hydrogen-bond acceptors (Lipinski definition) is 13. The monoisotopic (exact) mass is 784 g/mol. The van der Waals surface area contributed by atoms with Crippen molar-refractivity contribution in [3.63, 3.8) is 0 Å². The van der Waals surface area contributed by atoms with Crippen LogP contribution in [-0.4, -0.2) is 139 Å². The molecule has 1 unspecified atom stereocenters. The molecule has 3 saturated heterocycles. The van der Waals surface area contributed by atoms with Gasteiger partial charge >= 0.3 is 0 Å². The minimum absolute atomic E-state index is 0.0547. The highest BCUT2D eigenvalue weighted by Gasteiger charge is 2.72. The smallest absolute Gasteiger partial charge is 0.186 e. The first-order valence-electron chi connectivity index (χ1n) is 21.2. The molecule has 7 rings (SSSR count). The van der Waals surface area contributed by atoms with E-state index in [0.717, 1.165) is 51.4 Å². The Morgan fingerprint density at radius 3 is 1.71 bits per heavy atom. The lowest BCUT2D eigenvalue weighted by Gasteiger charge is -2.71. The normalized spacial score (nSPS) is 56.3. The van der Waals surface area contributed by atoms with Crippen LogP contribution in [0.1, 0.15) is 120 Å². The van der Waals surface area contributed by atoms with Crippen molar-refractivity contribution < 1.29 is 64.5 Å². The predicted octanol–water partition coefficient (Wildman–Crippen LogP) is 2.39. The van der Waals surface area contributed by atoms with E-state index in [1.807, 2.05) is 0 Å². The van der Waals surface area contributed by atoms with Gasteiger partial charge in [0.2, 0.25) is 0 Å². The summed E-state index contributed by atoms with van der Waals surface area (Å²) < 4.78 is 32.4. The molecular weight excluding hydrogens is 712 g/mol. The third kappa shape index (κ3) is 6.61. The Hall–Kier alpha value is -0.520. The van der Waals surface area contributed by atoms with Crippen molar-refractivity contribution in [2.45, 2.75) is 204 Å². The molecule has 0 amide bonds. The quantitative estimate of drug-likeness (QED) is 0.175. The van der Waals surface area contributed by atoms with Crippen molar-refractivity contribution in [2.75, 3.05) is 13.2 Å². The highest BCUT2D eigenvalue weighted by molar-refractivity contribution is 5.21. The van der Waals surface area contributed by atoms with E-state index in [4.69, 9.17) is 23.7 Å². The number of hydrogen-bond donors (Lipinski definition) is 8. The maximum Gasteiger partial charge on any atom is 0.186 e. The summed E-state index contributed by atoms with van der Waals surface area (Å²) >= 11 is 0. The molecule has 13 nitrogen and oxygen atoms in total. The maximum atomic E-state index is 11.3. The standard InChI is InChI=1S/C42H72O13/c1-37(2)13-9-14-42(8,55-37)21-10-16-41(7)28(21)22(51-35-33(49)31(47)29(45)23(19-43)52-35)18-26-39(5)15-12-27(38(3,4)25(39)11-17-40(26,41)6)54-36-34(50)32(48)30(46)24(20-44)53-36/h21-36,43-50H,9-20H2,1-8H3/t21-,22+,23+,24+,25-,26?,27-,28-,29+,30+,31-,32-,33+,34+,35+,36-,39-,40+,41+,42+/m0/s1. The topological polar surface area (TPSA) is 208 Å². The van der Waals surface area contributed by atoms with Crippen molar-refractivity contribution in [3.8, 4) is 0 Å². The van der Waals surface area contributed by atoms with Crippen LogP contribution < -0.4 is 0 Å². The van der Waals surface area contributed by atoms with E-state index >= 15 is 0 Å². The Kier molecular flexibility index (Phi) is 11.3. The third-order valence-corrected chi connectivity index (χ3v) is 17.4. The van der Waals surface area contributed by atoms with Gasteiger partial charge in [-0.3, -0.25) is 0 Å². The molecule has 4 aliphatic carbocycles. The van der Waals surface area contributed by atoms with Gasteiger partial charge in [0.15, 0.2) is 12.6 Å². The van der Waals surface area contributed by atoms with E-state index < -0.39 is 74.6 Å². The fourth-order valence-electron chi connectivity index (χ4n) is 14.3. The zero-order chi connectivity index (χ0) is 40.3. The molecule has 0 aromatic carbocycles. The number of ether oxygens (including phenoxy) is 5. The van der Waals surface area contributed by atoms with Crippen molar-refractivity contribution >= 4 is 0 Å². The molecule has 0 aromatic heterocycles. The molecule has 0 aromatic rings. The van der Waals surface area contributed by atoms with Crippen molar-refractivity contribution in [1.29, 1.82) is 0 Å². The second-order valence-electron chi connectivity index (χ2n) is 21.0. The summed E-state index contributed by atoms with van der Waals surface area (Å²) in [6, 6.07) is 0. The average Bonchev–Trinajstić information content (AvgIpc) is 3.50. The van der Waals surface area contributed by atoms with Crippen LogP contribution in [0.5, 0.6) is 0 Å². The molecule has 3 aliphatic heterocycles. The summed E-state index contributed by atoms with van der Waals surface area (Å²) in [6.45, 7) is 17.4. The Balaban J connectivity index is 1.22. The molecule has 20 atom stereocenters. The Bertz CT molecular complexity index is 1380. The largest absolute Gasteiger partial charge is 0.394 e. The van der Waals surface area contributed by atoms with Crippen molar-refractivity contribution in [3.05, 3.63) is 0 Å². The summed E-state index contributed by atoms with van der Waals surface area (Å²) in [7, 11) is 0. The third-order valence-electron chi connectivity index (χ3n) is 17.4. The predicted molar refractivity (Wildman–Crippen MR) is 199 cm³/mol.